The van der Waals surface area contributed by atoms with Gasteiger partial charge >= 0.3 is 0 Å². The van der Waals surface area contributed by atoms with Crippen LogP contribution in [0.15, 0.2) is 102 Å². The Labute approximate surface area is 192 Å². The van der Waals surface area contributed by atoms with Crippen LogP contribution in [-0.2, 0) is 0 Å². The molecule has 0 radical (unpaired) electrons. The standard InChI is InChI=1S/C30H23NS/c1-19-14-16-20(17-15-19)31-25-13-6-5-11-23(25)27-28(31)22-10-4-3-9-21(22)26-24-12-7-8-18-30(24,2)32-29(26)27/h3-18,24H,1-2H3. The Morgan fingerprint density at radius 3 is 2.34 bits per heavy atom. The molecular formula is C30H23NS. The van der Waals surface area contributed by atoms with Gasteiger partial charge in [0, 0.05) is 37.4 Å². The van der Waals surface area contributed by atoms with Crippen LogP contribution in [0.1, 0.15) is 24.0 Å². The van der Waals surface area contributed by atoms with Gasteiger partial charge in [-0.3, -0.25) is 0 Å². The molecule has 4 aromatic carbocycles. The van der Waals surface area contributed by atoms with E-state index in [1.54, 1.807) is 0 Å². The van der Waals surface area contributed by atoms with E-state index in [9.17, 15) is 0 Å². The summed E-state index contributed by atoms with van der Waals surface area (Å²) in [6.07, 6.45) is 9.22. The third-order valence-electron chi connectivity index (χ3n) is 7.20. The number of aryl methyl sites for hydroxylation is 1. The summed E-state index contributed by atoms with van der Waals surface area (Å²) < 4.78 is 2.53. The maximum atomic E-state index is 2.48. The normalized spacial score (nSPS) is 21.5. The zero-order valence-electron chi connectivity index (χ0n) is 18.2. The van der Waals surface area contributed by atoms with Gasteiger partial charge in [-0.15, -0.1) is 11.8 Å². The van der Waals surface area contributed by atoms with Crippen molar-refractivity contribution in [2.24, 2.45) is 0 Å². The van der Waals surface area contributed by atoms with E-state index in [-0.39, 0.29) is 4.75 Å². The summed E-state index contributed by atoms with van der Waals surface area (Å²) in [6.45, 7) is 4.54. The van der Waals surface area contributed by atoms with Gasteiger partial charge in [0.15, 0.2) is 0 Å². The summed E-state index contributed by atoms with van der Waals surface area (Å²) in [5.41, 5.74) is 6.60. The smallest absolute Gasteiger partial charge is 0.0630 e. The zero-order valence-corrected chi connectivity index (χ0v) is 19.0. The lowest BCUT2D eigenvalue weighted by Crippen LogP contribution is -2.22. The number of benzene rings is 4. The van der Waals surface area contributed by atoms with Gasteiger partial charge in [0.05, 0.1) is 11.0 Å². The lowest BCUT2D eigenvalue weighted by atomic mass is 9.81. The van der Waals surface area contributed by atoms with E-state index < -0.39 is 0 Å². The molecule has 1 aliphatic heterocycles. The van der Waals surface area contributed by atoms with Crippen molar-refractivity contribution in [3.63, 3.8) is 0 Å². The molecule has 2 unspecified atom stereocenters. The second-order valence-electron chi connectivity index (χ2n) is 9.21. The first-order valence-corrected chi connectivity index (χ1v) is 12.1. The molecule has 2 heterocycles. The molecule has 0 saturated carbocycles. The summed E-state index contributed by atoms with van der Waals surface area (Å²) in [6, 6.07) is 26.8. The molecule has 0 amide bonds. The van der Waals surface area contributed by atoms with Gasteiger partial charge in [0.25, 0.3) is 0 Å². The monoisotopic (exact) mass is 429 g/mol. The molecule has 0 spiro atoms. The molecule has 154 valence electrons. The summed E-state index contributed by atoms with van der Waals surface area (Å²) >= 11 is 2.04. The van der Waals surface area contributed by atoms with Gasteiger partial charge < -0.3 is 4.57 Å². The van der Waals surface area contributed by atoms with Crippen LogP contribution >= 0.6 is 11.8 Å². The van der Waals surface area contributed by atoms with Crippen molar-refractivity contribution in [3.05, 3.63) is 108 Å². The highest BCUT2D eigenvalue weighted by molar-refractivity contribution is 8.01. The van der Waals surface area contributed by atoms with Crippen LogP contribution in [0.4, 0.5) is 0 Å². The number of rotatable bonds is 1. The second kappa shape index (κ2) is 6.40. The Morgan fingerprint density at radius 1 is 0.812 bits per heavy atom. The number of para-hydroxylation sites is 1. The van der Waals surface area contributed by atoms with Crippen molar-refractivity contribution >= 4 is 44.3 Å². The molecule has 5 aromatic rings. The van der Waals surface area contributed by atoms with E-state index in [0.29, 0.717) is 5.92 Å². The fourth-order valence-electron chi connectivity index (χ4n) is 5.70. The second-order valence-corrected chi connectivity index (χ2v) is 10.7. The van der Waals surface area contributed by atoms with E-state index in [2.05, 4.69) is 116 Å². The van der Waals surface area contributed by atoms with Crippen molar-refractivity contribution in [1.29, 1.82) is 0 Å². The minimum atomic E-state index is 0.0567. The number of thioether (sulfide) groups is 1. The van der Waals surface area contributed by atoms with Gasteiger partial charge in [0.1, 0.15) is 0 Å². The predicted octanol–water partition coefficient (Wildman–Crippen LogP) is 8.32. The van der Waals surface area contributed by atoms with E-state index >= 15 is 0 Å². The van der Waals surface area contributed by atoms with Crippen LogP contribution in [-0.4, -0.2) is 9.31 Å². The number of allylic oxidation sites excluding steroid dienone is 3. The van der Waals surface area contributed by atoms with E-state index in [0.717, 1.165) is 0 Å². The lowest BCUT2D eigenvalue weighted by molar-refractivity contribution is 0.707. The van der Waals surface area contributed by atoms with Crippen molar-refractivity contribution in [3.8, 4) is 5.69 Å². The molecule has 7 rings (SSSR count). The van der Waals surface area contributed by atoms with Crippen molar-refractivity contribution in [2.45, 2.75) is 29.4 Å². The Morgan fingerprint density at radius 2 is 1.53 bits per heavy atom. The molecule has 32 heavy (non-hydrogen) atoms. The van der Waals surface area contributed by atoms with E-state index in [1.807, 2.05) is 11.8 Å². The van der Waals surface area contributed by atoms with Crippen LogP contribution in [0.2, 0.25) is 0 Å². The molecule has 2 aliphatic rings. The predicted molar refractivity (Wildman–Crippen MR) is 138 cm³/mol. The first-order valence-electron chi connectivity index (χ1n) is 11.3. The van der Waals surface area contributed by atoms with Crippen LogP contribution in [0.25, 0.3) is 38.3 Å². The molecule has 2 heteroatoms. The maximum Gasteiger partial charge on any atom is 0.0630 e. The molecule has 1 nitrogen and oxygen atoms in total. The maximum absolute atomic E-state index is 2.48. The highest BCUT2D eigenvalue weighted by atomic mass is 32.2. The fraction of sp³-hybridized carbons (Fsp3) is 0.133. The van der Waals surface area contributed by atoms with E-state index in [4.69, 9.17) is 0 Å². The Kier molecular flexibility index (Phi) is 3.67. The van der Waals surface area contributed by atoms with E-state index in [1.165, 1.54) is 54.3 Å². The molecule has 0 N–H and O–H groups in total. The minimum absolute atomic E-state index is 0.0567. The number of aromatic nitrogens is 1. The van der Waals surface area contributed by atoms with Gasteiger partial charge in [-0.1, -0.05) is 84.5 Å². The lowest BCUT2D eigenvalue weighted by Gasteiger charge is -2.27. The zero-order chi connectivity index (χ0) is 21.4. The van der Waals surface area contributed by atoms with Gasteiger partial charge in [-0.05, 0) is 43.0 Å². The first kappa shape index (κ1) is 18.4. The summed E-state index contributed by atoms with van der Waals surface area (Å²) in [5, 5.41) is 5.46. The quantitative estimate of drug-likeness (QED) is 0.259. The highest BCUT2D eigenvalue weighted by Crippen LogP contribution is 2.61. The number of hydrogen-bond acceptors (Lipinski definition) is 1. The Balaban J connectivity index is 1.73. The molecule has 1 aromatic heterocycles. The fourth-order valence-corrected chi connectivity index (χ4v) is 7.27. The molecule has 2 atom stereocenters. The molecule has 1 aliphatic carbocycles. The van der Waals surface area contributed by atoms with Crippen LogP contribution < -0.4 is 0 Å². The van der Waals surface area contributed by atoms with Crippen LogP contribution in [0, 0.1) is 6.92 Å². The topological polar surface area (TPSA) is 4.93 Å². The summed E-state index contributed by atoms with van der Waals surface area (Å²) in [7, 11) is 0. The van der Waals surface area contributed by atoms with Gasteiger partial charge in [0.2, 0.25) is 0 Å². The largest absolute Gasteiger partial charge is 0.309 e. The minimum Gasteiger partial charge on any atom is -0.309 e. The number of fused-ring (bicyclic) bond motifs is 10. The molecular weight excluding hydrogens is 406 g/mol. The molecule has 0 fully saturated rings. The average Bonchev–Trinajstić information content (AvgIpc) is 3.32. The third kappa shape index (κ3) is 2.31. The van der Waals surface area contributed by atoms with Crippen LogP contribution in [0.3, 0.4) is 0 Å². The average molecular weight is 430 g/mol. The first-order chi connectivity index (χ1) is 15.7. The third-order valence-corrected chi connectivity index (χ3v) is 8.66. The number of hydrogen-bond donors (Lipinski definition) is 0. The van der Waals surface area contributed by atoms with Crippen molar-refractivity contribution < 1.29 is 0 Å². The summed E-state index contributed by atoms with van der Waals surface area (Å²) in [5.74, 6) is 0.392. The van der Waals surface area contributed by atoms with Crippen LogP contribution in [0.5, 0.6) is 0 Å². The SMILES string of the molecule is Cc1ccc(-n2c3ccccc3c3c4c(c5ccccc5c32)C2C=CC=CC2(C)S4)cc1. The van der Waals surface area contributed by atoms with Gasteiger partial charge in [-0.2, -0.15) is 0 Å². The van der Waals surface area contributed by atoms with Crippen molar-refractivity contribution in [2.75, 3.05) is 0 Å². The molecule has 0 saturated heterocycles. The molecule has 0 bridgehead atoms. The Bertz CT molecular complexity index is 1620. The Hall–Kier alpha value is -3.23. The van der Waals surface area contributed by atoms with Gasteiger partial charge in [-0.25, -0.2) is 0 Å². The highest BCUT2D eigenvalue weighted by Gasteiger charge is 2.44. The van der Waals surface area contributed by atoms with Crippen molar-refractivity contribution in [1.82, 2.24) is 4.57 Å². The summed E-state index contributed by atoms with van der Waals surface area (Å²) in [4.78, 5) is 1.45. The number of nitrogens with zero attached hydrogens (tertiary/aromatic N) is 1.